The summed E-state index contributed by atoms with van der Waals surface area (Å²) in [4.78, 5) is 4.15. The van der Waals surface area contributed by atoms with E-state index < -0.39 is 5.92 Å². The molecule has 1 unspecified atom stereocenters. The average Bonchev–Trinajstić information content (AvgIpc) is 3.13. The molecule has 0 spiro atoms. The molecule has 0 saturated heterocycles. The lowest BCUT2D eigenvalue weighted by molar-refractivity contribution is 0.317. The first-order valence-electron chi connectivity index (χ1n) is 8.66. The minimum absolute atomic E-state index is 0.00438. The van der Waals surface area contributed by atoms with Crippen molar-refractivity contribution in [1.82, 2.24) is 15.2 Å². The number of pyridine rings is 1. The fourth-order valence-electron chi connectivity index (χ4n) is 3.29. The van der Waals surface area contributed by atoms with Crippen molar-refractivity contribution >= 4 is 0 Å². The van der Waals surface area contributed by atoms with Crippen molar-refractivity contribution in [3.63, 3.8) is 0 Å². The number of nitrogens with one attached hydrogen (secondary N) is 1. The van der Waals surface area contributed by atoms with Crippen molar-refractivity contribution in [3.05, 3.63) is 65.3 Å². The van der Waals surface area contributed by atoms with Gasteiger partial charge in [0, 0.05) is 18.0 Å². The summed E-state index contributed by atoms with van der Waals surface area (Å²) in [5, 5.41) is 27.0. The van der Waals surface area contributed by atoms with Gasteiger partial charge < -0.3 is 20.3 Å². The van der Waals surface area contributed by atoms with Crippen molar-refractivity contribution in [2.24, 2.45) is 5.73 Å². The van der Waals surface area contributed by atoms with E-state index in [0.717, 1.165) is 11.1 Å². The minimum atomic E-state index is -0.539. The predicted molar refractivity (Wildman–Crippen MR) is 100 cm³/mol. The highest BCUT2D eigenvalue weighted by atomic mass is 16.5. The van der Waals surface area contributed by atoms with Crippen LogP contribution in [0.4, 0.5) is 0 Å². The van der Waals surface area contributed by atoms with Crippen LogP contribution in [0.5, 0.6) is 17.4 Å². The van der Waals surface area contributed by atoms with Gasteiger partial charge in [-0.25, -0.2) is 0 Å². The number of nitriles is 1. The zero-order chi connectivity index (χ0) is 19.7. The van der Waals surface area contributed by atoms with Gasteiger partial charge in [-0.05, 0) is 36.8 Å². The molecule has 4 rings (SSSR count). The van der Waals surface area contributed by atoms with E-state index in [-0.39, 0.29) is 17.2 Å². The Bertz CT molecular complexity index is 1100. The molecule has 0 saturated carbocycles. The molecule has 2 aromatic heterocycles. The van der Waals surface area contributed by atoms with Crippen molar-refractivity contribution < 1.29 is 14.6 Å². The lowest BCUT2D eigenvalue weighted by Crippen LogP contribution is -2.21. The number of nitrogens with zero attached hydrogens (tertiary/aromatic N) is 3. The first-order valence-corrected chi connectivity index (χ1v) is 8.66. The van der Waals surface area contributed by atoms with Crippen LogP contribution in [-0.4, -0.2) is 26.9 Å². The molecule has 1 aliphatic heterocycles. The molecule has 8 heteroatoms. The fourth-order valence-corrected chi connectivity index (χ4v) is 3.29. The smallest absolute Gasteiger partial charge is 0.244 e. The third-order valence-corrected chi connectivity index (χ3v) is 4.51. The van der Waals surface area contributed by atoms with E-state index in [1.54, 1.807) is 24.5 Å². The van der Waals surface area contributed by atoms with E-state index in [1.165, 1.54) is 6.07 Å². The maximum absolute atomic E-state index is 10.0. The standard InChI is InChI=1S/C20H17N5O3/c1-2-27-15-8-11(5-6-14(15)26)16-13(9-21)19(22)28-20-17(16)18(24-25-20)12-4-3-7-23-10-12/h3-8,10,16,26H,2,22H2,1H3,(H,24,25). The van der Waals surface area contributed by atoms with Gasteiger partial charge in [-0.1, -0.05) is 6.07 Å². The summed E-state index contributed by atoms with van der Waals surface area (Å²) < 4.78 is 11.1. The summed E-state index contributed by atoms with van der Waals surface area (Å²) in [5.41, 5.74) is 9.12. The Morgan fingerprint density at radius 3 is 2.96 bits per heavy atom. The van der Waals surface area contributed by atoms with E-state index in [2.05, 4.69) is 21.3 Å². The molecular formula is C20H17N5O3. The number of fused-ring (bicyclic) bond motifs is 1. The van der Waals surface area contributed by atoms with Crippen molar-refractivity contribution in [1.29, 1.82) is 5.26 Å². The Labute approximate surface area is 160 Å². The van der Waals surface area contributed by atoms with Crippen molar-refractivity contribution in [3.8, 4) is 34.7 Å². The molecule has 4 N–H and O–H groups in total. The Morgan fingerprint density at radius 1 is 1.39 bits per heavy atom. The molecule has 0 amide bonds. The Balaban J connectivity index is 1.93. The summed E-state index contributed by atoms with van der Waals surface area (Å²) in [6.45, 7) is 2.22. The highest BCUT2D eigenvalue weighted by Crippen LogP contribution is 2.46. The monoisotopic (exact) mass is 375 g/mol. The number of hydrogen-bond donors (Lipinski definition) is 3. The number of ether oxygens (including phenoxy) is 2. The van der Waals surface area contributed by atoms with Gasteiger partial charge in [0.15, 0.2) is 11.5 Å². The maximum atomic E-state index is 10.0. The first-order chi connectivity index (χ1) is 13.6. The second-order valence-corrected chi connectivity index (χ2v) is 6.14. The molecule has 3 heterocycles. The molecule has 0 bridgehead atoms. The van der Waals surface area contributed by atoms with Crippen LogP contribution in [0.15, 0.2) is 54.2 Å². The van der Waals surface area contributed by atoms with Gasteiger partial charge >= 0.3 is 0 Å². The highest BCUT2D eigenvalue weighted by Gasteiger charge is 2.36. The topological polar surface area (TPSA) is 130 Å². The molecule has 3 aromatic rings. The largest absolute Gasteiger partial charge is 0.504 e. The van der Waals surface area contributed by atoms with E-state index >= 15 is 0 Å². The van der Waals surface area contributed by atoms with Gasteiger partial charge in [0.05, 0.1) is 23.8 Å². The van der Waals surface area contributed by atoms with E-state index in [9.17, 15) is 10.4 Å². The van der Waals surface area contributed by atoms with Crippen LogP contribution in [0.3, 0.4) is 0 Å². The van der Waals surface area contributed by atoms with Gasteiger partial charge in [-0.2, -0.15) is 5.26 Å². The first kappa shape index (κ1) is 17.4. The zero-order valence-corrected chi connectivity index (χ0v) is 15.0. The van der Waals surface area contributed by atoms with E-state index in [0.29, 0.717) is 29.5 Å². The van der Waals surface area contributed by atoms with Crippen LogP contribution in [0, 0.1) is 11.3 Å². The molecule has 1 aromatic carbocycles. The summed E-state index contributed by atoms with van der Waals surface area (Å²) >= 11 is 0. The molecule has 0 radical (unpaired) electrons. The van der Waals surface area contributed by atoms with Gasteiger partial charge in [0.1, 0.15) is 11.6 Å². The summed E-state index contributed by atoms with van der Waals surface area (Å²) in [6.07, 6.45) is 3.37. The third-order valence-electron chi connectivity index (χ3n) is 4.51. The number of aromatic hydroxyl groups is 1. The van der Waals surface area contributed by atoms with Gasteiger partial charge in [0.25, 0.3) is 0 Å². The predicted octanol–water partition coefficient (Wildman–Crippen LogP) is 2.79. The summed E-state index contributed by atoms with van der Waals surface area (Å²) in [6, 6.07) is 10.8. The number of benzene rings is 1. The third kappa shape index (κ3) is 2.79. The van der Waals surface area contributed by atoms with Crippen molar-refractivity contribution in [2.45, 2.75) is 12.8 Å². The van der Waals surface area contributed by atoms with Crippen LogP contribution < -0.4 is 15.2 Å². The Kier molecular flexibility index (Phi) is 4.33. The molecule has 28 heavy (non-hydrogen) atoms. The normalized spacial score (nSPS) is 15.5. The SMILES string of the molecule is CCOc1cc(C2C(C#N)=C(N)Oc3n[nH]c(-c4cccnc4)c32)ccc1O. The average molecular weight is 375 g/mol. The molecule has 0 aliphatic carbocycles. The molecule has 140 valence electrons. The van der Waals surface area contributed by atoms with Crippen LogP contribution >= 0.6 is 0 Å². The summed E-state index contributed by atoms with van der Waals surface area (Å²) in [5.74, 6) is 0.104. The quantitative estimate of drug-likeness (QED) is 0.639. The van der Waals surface area contributed by atoms with Crippen LogP contribution in [0.1, 0.15) is 24.0 Å². The zero-order valence-electron chi connectivity index (χ0n) is 15.0. The van der Waals surface area contributed by atoms with Gasteiger partial charge in [-0.3, -0.25) is 10.1 Å². The number of aromatic nitrogens is 3. The number of phenolic OH excluding ortho intramolecular Hbond substituents is 1. The molecule has 1 aliphatic rings. The number of H-pyrrole nitrogens is 1. The van der Waals surface area contributed by atoms with E-state index in [4.69, 9.17) is 15.2 Å². The Hall–Kier alpha value is -3.99. The maximum Gasteiger partial charge on any atom is 0.244 e. The van der Waals surface area contributed by atoms with Crippen molar-refractivity contribution in [2.75, 3.05) is 6.61 Å². The number of rotatable bonds is 4. The van der Waals surface area contributed by atoms with Crippen LogP contribution in [0.2, 0.25) is 0 Å². The number of phenols is 1. The Morgan fingerprint density at radius 2 is 2.25 bits per heavy atom. The van der Waals surface area contributed by atoms with Gasteiger partial charge in [-0.15, -0.1) is 5.10 Å². The van der Waals surface area contributed by atoms with Gasteiger partial charge in [0.2, 0.25) is 11.8 Å². The van der Waals surface area contributed by atoms with Crippen LogP contribution in [0.25, 0.3) is 11.3 Å². The van der Waals surface area contributed by atoms with Crippen LogP contribution in [-0.2, 0) is 0 Å². The fraction of sp³-hybridized carbons (Fsp3) is 0.150. The lowest BCUT2D eigenvalue weighted by Gasteiger charge is -2.24. The number of nitrogens with two attached hydrogens (primary N) is 1. The molecule has 0 fully saturated rings. The lowest BCUT2D eigenvalue weighted by atomic mass is 9.83. The number of allylic oxidation sites excluding steroid dienone is 1. The highest BCUT2D eigenvalue weighted by molar-refractivity contribution is 5.70. The molecule has 8 nitrogen and oxygen atoms in total. The molecular weight excluding hydrogens is 358 g/mol. The second-order valence-electron chi connectivity index (χ2n) is 6.14. The molecule has 1 atom stereocenters. The minimum Gasteiger partial charge on any atom is -0.504 e. The summed E-state index contributed by atoms with van der Waals surface area (Å²) in [7, 11) is 0. The van der Waals surface area contributed by atoms with E-state index in [1.807, 2.05) is 19.1 Å². The number of aromatic amines is 1. The second kappa shape index (κ2) is 6.96. The number of hydrogen-bond acceptors (Lipinski definition) is 7.